The summed E-state index contributed by atoms with van der Waals surface area (Å²) in [5.41, 5.74) is 10.2. The third-order valence-electron chi connectivity index (χ3n) is 6.51. The third kappa shape index (κ3) is 2.81. The van der Waals surface area contributed by atoms with Gasteiger partial charge in [0, 0.05) is 11.3 Å². The minimum atomic E-state index is 0.962. The second-order valence-electron chi connectivity index (χ2n) is 8.52. The fourth-order valence-corrected chi connectivity index (χ4v) is 4.99. The summed E-state index contributed by atoms with van der Waals surface area (Å²) in [5.74, 6) is 0.962. The maximum atomic E-state index is 5.10. The first-order valence-electron chi connectivity index (χ1n) is 11.5. The van der Waals surface area contributed by atoms with E-state index in [0.717, 1.165) is 45.2 Å². The van der Waals surface area contributed by atoms with E-state index < -0.39 is 0 Å². The molecule has 2 heterocycles. The highest BCUT2D eigenvalue weighted by molar-refractivity contribution is 6.03. The number of benzene rings is 5. The molecular formula is C31H21N3. The molecule has 0 spiro atoms. The molecule has 0 radical (unpaired) electrons. The maximum absolute atomic E-state index is 5.10. The van der Waals surface area contributed by atoms with Crippen LogP contribution < -0.4 is 4.90 Å². The van der Waals surface area contributed by atoms with Crippen LogP contribution >= 0.6 is 0 Å². The first-order chi connectivity index (χ1) is 16.9. The van der Waals surface area contributed by atoms with Gasteiger partial charge in [0.25, 0.3) is 0 Å². The van der Waals surface area contributed by atoms with Crippen molar-refractivity contribution < 1.29 is 0 Å². The van der Waals surface area contributed by atoms with E-state index in [2.05, 4.69) is 131 Å². The number of aromatic nitrogens is 2. The Morgan fingerprint density at radius 2 is 1.15 bits per heavy atom. The lowest BCUT2D eigenvalue weighted by molar-refractivity contribution is 1.06. The number of hydrogen-bond donors (Lipinski definition) is 0. The molecule has 7 rings (SSSR count). The summed E-state index contributed by atoms with van der Waals surface area (Å²) >= 11 is 0. The van der Waals surface area contributed by atoms with Crippen molar-refractivity contribution in [1.82, 2.24) is 9.55 Å². The molecule has 0 fully saturated rings. The zero-order valence-corrected chi connectivity index (χ0v) is 18.5. The normalized spacial score (nSPS) is 12.1. The van der Waals surface area contributed by atoms with Gasteiger partial charge < -0.3 is 4.90 Å². The average Bonchev–Trinajstić information content (AvgIpc) is 3.31. The average molecular weight is 436 g/mol. The number of para-hydroxylation sites is 2. The number of anilines is 3. The molecule has 0 amide bonds. The second-order valence-corrected chi connectivity index (χ2v) is 8.52. The van der Waals surface area contributed by atoms with E-state index in [-0.39, 0.29) is 0 Å². The van der Waals surface area contributed by atoms with E-state index >= 15 is 0 Å². The molecular weight excluding hydrogens is 414 g/mol. The van der Waals surface area contributed by atoms with Gasteiger partial charge in [-0.1, -0.05) is 91.0 Å². The van der Waals surface area contributed by atoms with Crippen LogP contribution in [0.1, 0.15) is 0 Å². The van der Waals surface area contributed by atoms with Crippen LogP contribution in [0.15, 0.2) is 127 Å². The van der Waals surface area contributed by atoms with Crippen molar-refractivity contribution in [2.24, 2.45) is 0 Å². The Balaban J connectivity index is 1.58. The third-order valence-corrected chi connectivity index (χ3v) is 6.51. The molecule has 0 saturated carbocycles. The number of nitrogens with zero attached hydrogens (tertiary/aromatic N) is 3. The zero-order valence-electron chi connectivity index (χ0n) is 18.5. The topological polar surface area (TPSA) is 21.1 Å². The quantitative estimate of drug-likeness (QED) is 0.279. The molecule has 0 atom stereocenters. The van der Waals surface area contributed by atoms with Crippen molar-refractivity contribution in [2.45, 2.75) is 0 Å². The van der Waals surface area contributed by atoms with Crippen LogP contribution in [0.3, 0.4) is 0 Å². The second kappa shape index (κ2) is 7.46. The smallest absolute Gasteiger partial charge is 0.145 e. The first-order valence-corrected chi connectivity index (χ1v) is 11.5. The summed E-state index contributed by atoms with van der Waals surface area (Å²) in [6.45, 7) is 0. The van der Waals surface area contributed by atoms with Crippen LogP contribution in [0, 0.1) is 0 Å². The van der Waals surface area contributed by atoms with E-state index in [1.54, 1.807) is 0 Å². The van der Waals surface area contributed by atoms with Gasteiger partial charge in [-0.15, -0.1) is 0 Å². The minimum Gasteiger partial charge on any atom is -0.306 e. The molecule has 160 valence electrons. The van der Waals surface area contributed by atoms with E-state index in [1.165, 1.54) is 11.1 Å². The van der Waals surface area contributed by atoms with Gasteiger partial charge in [0.15, 0.2) is 0 Å². The maximum Gasteiger partial charge on any atom is 0.145 e. The fraction of sp³-hybridized carbons (Fsp3) is 0. The van der Waals surface area contributed by atoms with Crippen molar-refractivity contribution in [3.63, 3.8) is 0 Å². The van der Waals surface area contributed by atoms with Crippen LogP contribution in [0.5, 0.6) is 0 Å². The summed E-state index contributed by atoms with van der Waals surface area (Å²) in [5, 5.41) is 0. The highest BCUT2D eigenvalue weighted by Crippen LogP contribution is 2.49. The molecule has 5 aromatic carbocycles. The molecule has 34 heavy (non-hydrogen) atoms. The molecule has 0 N–H and O–H groups in total. The Kier molecular flexibility index (Phi) is 4.15. The van der Waals surface area contributed by atoms with E-state index in [1.807, 2.05) is 6.07 Å². The lowest BCUT2D eigenvalue weighted by atomic mass is 10.0. The Hall–Kier alpha value is -4.63. The van der Waals surface area contributed by atoms with Crippen LogP contribution in [0.25, 0.3) is 39.2 Å². The Morgan fingerprint density at radius 1 is 0.471 bits per heavy atom. The molecule has 0 aliphatic carbocycles. The Bertz CT molecular complexity index is 1640. The van der Waals surface area contributed by atoms with E-state index in [0.29, 0.717) is 0 Å². The molecule has 3 heteroatoms. The van der Waals surface area contributed by atoms with Crippen molar-refractivity contribution in [3.8, 4) is 28.2 Å². The predicted octanol–water partition coefficient (Wildman–Crippen LogP) is 8.14. The molecule has 3 nitrogen and oxygen atoms in total. The van der Waals surface area contributed by atoms with E-state index in [4.69, 9.17) is 4.98 Å². The summed E-state index contributed by atoms with van der Waals surface area (Å²) in [7, 11) is 0. The molecule has 1 aliphatic heterocycles. The molecule has 6 aromatic rings. The summed E-state index contributed by atoms with van der Waals surface area (Å²) < 4.78 is 2.32. The summed E-state index contributed by atoms with van der Waals surface area (Å²) in [4.78, 5) is 7.46. The summed E-state index contributed by atoms with van der Waals surface area (Å²) in [6, 6.07) is 44.8. The van der Waals surface area contributed by atoms with Crippen LogP contribution in [0.4, 0.5) is 17.1 Å². The predicted molar refractivity (Wildman–Crippen MR) is 140 cm³/mol. The Labute approximate surface area is 198 Å². The van der Waals surface area contributed by atoms with Crippen molar-refractivity contribution in [1.29, 1.82) is 0 Å². The van der Waals surface area contributed by atoms with E-state index in [9.17, 15) is 0 Å². The number of fused-ring (bicyclic) bond motifs is 2. The van der Waals surface area contributed by atoms with Gasteiger partial charge in [-0.2, -0.15) is 0 Å². The lowest BCUT2D eigenvalue weighted by Gasteiger charge is -2.33. The highest BCUT2D eigenvalue weighted by atomic mass is 15.2. The van der Waals surface area contributed by atoms with Gasteiger partial charge in [0.05, 0.1) is 28.1 Å². The van der Waals surface area contributed by atoms with Crippen molar-refractivity contribution in [2.75, 3.05) is 4.90 Å². The molecule has 0 unspecified atom stereocenters. The van der Waals surface area contributed by atoms with Gasteiger partial charge in [-0.05, 0) is 47.5 Å². The largest absolute Gasteiger partial charge is 0.306 e. The first kappa shape index (κ1) is 18.9. The fourth-order valence-electron chi connectivity index (χ4n) is 4.99. The van der Waals surface area contributed by atoms with Gasteiger partial charge in [-0.3, -0.25) is 4.57 Å². The Morgan fingerprint density at radius 3 is 1.88 bits per heavy atom. The van der Waals surface area contributed by atoms with Gasteiger partial charge in [-0.25, -0.2) is 4.98 Å². The minimum absolute atomic E-state index is 0.962. The van der Waals surface area contributed by atoms with Crippen LogP contribution in [-0.4, -0.2) is 9.55 Å². The SMILES string of the molecule is c1ccc(-c2ccc3c(c2)N(c2ccccc2)c2cccc4nc(-c5ccccc5)n-3c24)cc1. The van der Waals surface area contributed by atoms with Crippen molar-refractivity contribution >= 4 is 28.1 Å². The number of imidazole rings is 1. The van der Waals surface area contributed by atoms with Crippen molar-refractivity contribution in [3.05, 3.63) is 127 Å². The highest BCUT2D eigenvalue weighted by Gasteiger charge is 2.29. The molecule has 1 aliphatic rings. The number of rotatable bonds is 3. The standard InChI is InChI=1S/C31H21N3/c1-4-11-22(12-5-1)24-19-20-27-29(21-24)33(25-15-8-3-9-16-25)28-18-10-17-26-30(28)34(27)31(32-26)23-13-6-2-7-14-23/h1-21H. The monoisotopic (exact) mass is 435 g/mol. The lowest BCUT2D eigenvalue weighted by Crippen LogP contribution is -2.18. The van der Waals surface area contributed by atoms with Gasteiger partial charge in [0.2, 0.25) is 0 Å². The van der Waals surface area contributed by atoms with Gasteiger partial charge >= 0.3 is 0 Å². The molecule has 0 saturated heterocycles. The molecule has 1 aromatic heterocycles. The molecule has 0 bridgehead atoms. The summed E-state index contributed by atoms with van der Waals surface area (Å²) in [6.07, 6.45) is 0. The zero-order chi connectivity index (χ0) is 22.5. The van der Waals surface area contributed by atoms with Crippen LogP contribution in [-0.2, 0) is 0 Å². The van der Waals surface area contributed by atoms with Crippen LogP contribution in [0.2, 0.25) is 0 Å². The van der Waals surface area contributed by atoms with Gasteiger partial charge in [0.1, 0.15) is 5.82 Å². The number of hydrogen-bond acceptors (Lipinski definition) is 2.